The number of rotatable bonds is 5. The van der Waals surface area contributed by atoms with Gasteiger partial charge in [0.15, 0.2) is 0 Å². The summed E-state index contributed by atoms with van der Waals surface area (Å²) in [5.74, 6) is -0.164. The lowest BCUT2D eigenvalue weighted by atomic mass is 9.93. The van der Waals surface area contributed by atoms with Crippen LogP contribution in [0.2, 0.25) is 5.02 Å². The van der Waals surface area contributed by atoms with Gasteiger partial charge in [0.25, 0.3) is 5.91 Å². The standard InChI is InChI=1S/C19H22ClN3O2S/c1-19(2,3)16-11-26-17(22-16)8-9-21-18(24)15-10-14(23-25-15)12-6-4-5-7-13(12)20/h4-7,11,15H,8-10H2,1-3H3,(H,21,24). The first-order chi connectivity index (χ1) is 12.3. The van der Waals surface area contributed by atoms with Gasteiger partial charge in [0, 0.05) is 40.8 Å². The monoisotopic (exact) mass is 391 g/mol. The highest BCUT2D eigenvalue weighted by molar-refractivity contribution is 7.09. The molecule has 1 aromatic heterocycles. The van der Waals surface area contributed by atoms with Crippen LogP contribution < -0.4 is 5.32 Å². The first-order valence-electron chi connectivity index (χ1n) is 8.55. The average Bonchev–Trinajstić information content (AvgIpc) is 3.24. The third-order valence-electron chi connectivity index (χ3n) is 4.10. The molecule has 1 aromatic carbocycles. The summed E-state index contributed by atoms with van der Waals surface area (Å²) >= 11 is 7.80. The SMILES string of the molecule is CC(C)(C)c1csc(CCNC(=O)C2CC(c3ccccc3Cl)=NO2)n1. The van der Waals surface area contributed by atoms with Crippen LogP contribution in [0.3, 0.4) is 0 Å². The lowest BCUT2D eigenvalue weighted by Crippen LogP contribution is -2.36. The van der Waals surface area contributed by atoms with Gasteiger partial charge in [-0.3, -0.25) is 4.79 Å². The lowest BCUT2D eigenvalue weighted by molar-refractivity contribution is -0.131. The normalized spacial score (nSPS) is 16.9. The van der Waals surface area contributed by atoms with E-state index in [1.807, 2.05) is 18.2 Å². The van der Waals surface area contributed by atoms with Gasteiger partial charge >= 0.3 is 0 Å². The smallest absolute Gasteiger partial charge is 0.264 e. The number of benzene rings is 1. The molecule has 0 bridgehead atoms. The zero-order valence-electron chi connectivity index (χ0n) is 15.1. The molecule has 5 nitrogen and oxygen atoms in total. The number of carbonyl (C=O) groups excluding carboxylic acids is 1. The highest BCUT2D eigenvalue weighted by atomic mass is 35.5. The van der Waals surface area contributed by atoms with E-state index in [9.17, 15) is 4.79 Å². The summed E-state index contributed by atoms with van der Waals surface area (Å²) in [6, 6.07) is 7.42. The predicted octanol–water partition coefficient (Wildman–Crippen LogP) is 3.95. The Hall–Kier alpha value is -1.92. The van der Waals surface area contributed by atoms with Crippen LogP contribution in [0, 0.1) is 0 Å². The molecule has 3 rings (SSSR count). The third kappa shape index (κ3) is 4.43. The minimum atomic E-state index is -0.609. The van der Waals surface area contributed by atoms with E-state index in [0.29, 0.717) is 30.1 Å². The Morgan fingerprint density at radius 2 is 2.15 bits per heavy atom. The Morgan fingerprint density at radius 1 is 1.38 bits per heavy atom. The summed E-state index contributed by atoms with van der Waals surface area (Å²) in [5.41, 5.74) is 2.63. The fraction of sp³-hybridized carbons (Fsp3) is 0.421. The number of oxime groups is 1. The van der Waals surface area contributed by atoms with Crippen molar-refractivity contribution in [2.45, 2.75) is 45.1 Å². The molecule has 1 amide bonds. The van der Waals surface area contributed by atoms with Crippen LogP contribution in [-0.4, -0.2) is 29.3 Å². The van der Waals surface area contributed by atoms with Crippen molar-refractivity contribution in [3.63, 3.8) is 0 Å². The Morgan fingerprint density at radius 3 is 2.85 bits per heavy atom. The molecule has 1 N–H and O–H groups in total. The Labute approximate surface area is 162 Å². The van der Waals surface area contributed by atoms with Gasteiger partial charge in [0.05, 0.1) is 16.4 Å². The van der Waals surface area contributed by atoms with Crippen LogP contribution in [0.15, 0.2) is 34.8 Å². The second-order valence-corrected chi connectivity index (χ2v) is 8.58. The van der Waals surface area contributed by atoms with E-state index in [0.717, 1.165) is 16.3 Å². The van der Waals surface area contributed by atoms with E-state index in [1.54, 1.807) is 17.4 Å². The zero-order chi connectivity index (χ0) is 18.7. The van der Waals surface area contributed by atoms with E-state index >= 15 is 0 Å². The van der Waals surface area contributed by atoms with Crippen LogP contribution >= 0.6 is 22.9 Å². The molecular weight excluding hydrogens is 370 g/mol. The molecule has 0 saturated heterocycles. The van der Waals surface area contributed by atoms with Crippen LogP contribution in [0.1, 0.15) is 43.5 Å². The molecule has 138 valence electrons. The molecule has 1 aliphatic heterocycles. The van der Waals surface area contributed by atoms with Gasteiger partial charge in [-0.05, 0) is 6.07 Å². The summed E-state index contributed by atoms with van der Waals surface area (Å²) in [6.45, 7) is 6.95. The van der Waals surface area contributed by atoms with Gasteiger partial charge in [-0.1, -0.05) is 55.7 Å². The van der Waals surface area contributed by atoms with Crippen LogP contribution in [0.25, 0.3) is 0 Å². The van der Waals surface area contributed by atoms with Crippen molar-refractivity contribution in [3.05, 3.63) is 50.9 Å². The van der Waals surface area contributed by atoms with Gasteiger partial charge in [0.2, 0.25) is 6.10 Å². The molecule has 7 heteroatoms. The molecule has 0 aliphatic carbocycles. The topological polar surface area (TPSA) is 63.6 Å². The van der Waals surface area contributed by atoms with Gasteiger partial charge in [0.1, 0.15) is 0 Å². The third-order valence-corrected chi connectivity index (χ3v) is 5.34. The van der Waals surface area contributed by atoms with Crippen molar-refractivity contribution in [3.8, 4) is 0 Å². The minimum absolute atomic E-state index is 0.0438. The number of amides is 1. The fourth-order valence-corrected chi connectivity index (χ4v) is 3.82. The Balaban J connectivity index is 1.48. The molecule has 1 unspecified atom stereocenters. The first-order valence-corrected chi connectivity index (χ1v) is 9.80. The van der Waals surface area contributed by atoms with E-state index in [2.05, 4.69) is 41.6 Å². The molecule has 0 fully saturated rings. The van der Waals surface area contributed by atoms with Crippen molar-refractivity contribution < 1.29 is 9.63 Å². The largest absolute Gasteiger partial charge is 0.382 e. The van der Waals surface area contributed by atoms with E-state index in [1.165, 1.54) is 0 Å². The molecule has 2 aromatic rings. The van der Waals surface area contributed by atoms with Crippen molar-refractivity contribution in [1.29, 1.82) is 0 Å². The number of hydrogen-bond acceptors (Lipinski definition) is 5. The number of aromatic nitrogens is 1. The minimum Gasteiger partial charge on any atom is -0.382 e. The highest BCUT2D eigenvalue weighted by Gasteiger charge is 2.29. The second kappa shape index (κ2) is 7.76. The Kier molecular flexibility index (Phi) is 5.63. The maximum Gasteiger partial charge on any atom is 0.264 e. The maximum absolute atomic E-state index is 12.3. The zero-order valence-corrected chi connectivity index (χ0v) is 16.7. The van der Waals surface area contributed by atoms with Crippen molar-refractivity contribution in [2.24, 2.45) is 5.16 Å². The van der Waals surface area contributed by atoms with Gasteiger partial charge in [-0.25, -0.2) is 4.98 Å². The predicted molar refractivity (Wildman–Crippen MR) is 105 cm³/mol. The van der Waals surface area contributed by atoms with Crippen molar-refractivity contribution >= 4 is 34.6 Å². The molecule has 1 atom stereocenters. The Bertz CT molecular complexity index is 826. The van der Waals surface area contributed by atoms with E-state index < -0.39 is 6.10 Å². The molecule has 1 aliphatic rings. The first kappa shape index (κ1) is 18.9. The van der Waals surface area contributed by atoms with Gasteiger partial charge in [-0.2, -0.15) is 0 Å². The summed E-state index contributed by atoms with van der Waals surface area (Å²) in [7, 11) is 0. The highest BCUT2D eigenvalue weighted by Crippen LogP contribution is 2.24. The molecule has 2 heterocycles. The molecule has 26 heavy (non-hydrogen) atoms. The summed E-state index contributed by atoms with van der Waals surface area (Å²) < 4.78 is 0. The van der Waals surface area contributed by atoms with E-state index in [-0.39, 0.29) is 11.3 Å². The van der Waals surface area contributed by atoms with Crippen LogP contribution in [-0.2, 0) is 21.5 Å². The average molecular weight is 392 g/mol. The van der Waals surface area contributed by atoms with Crippen LogP contribution in [0.4, 0.5) is 0 Å². The van der Waals surface area contributed by atoms with E-state index in [4.69, 9.17) is 16.4 Å². The fourth-order valence-electron chi connectivity index (χ4n) is 2.55. The summed E-state index contributed by atoms with van der Waals surface area (Å²) in [6.07, 6.45) is 0.515. The van der Waals surface area contributed by atoms with Crippen LogP contribution in [0.5, 0.6) is 0 Å². The van der Waals surface area contributed by atoms with Crippen molar-refractivity contribution in [1.82, 2.24) is 10.3 Å². The molecule has 0 spiro atoms. The maximum atomic E-state index is 12.3. The van der Waals surface area contributed by atoms with Gasteiger partial charge in [-0.15, -0.1) is 11.3 Å². The van der Waals surface area contributed by atoms with Crippen molar-refractivity contribution in [2.75, 3.05) is 6.54 Å². The summed E-state index contributed by atoms with van der Waals surface area (Å²) in [5, 5.41) is 10.6. The summed E-state index contributed by atoms with van der Waals surface area (Å²) in [4.78, 5) is 22.2. The molecule has 0 saturated carbocycles. The molecular formula is C19H22ClN3O2S. The number of halogens is 1. The number of nitrogens with zero attached hydrogens (tertiary/aromatic N) is 2. The number of thiazole rings is 1. The number of carbonyl (C=O) groups is 1. The quantitative estimate of drug-likeness (QED) is 0.839. The number of nitrogens with one attached hydrogen (secondary N) is 1. The lowest BCUT2D eigenvalue weighted by Gasteiger charge is -2.14. The van der Waals surface area contributed by atoms with Gasteiger partial charge < -0.3 is 10.2 Å². The second-order valence-electron chi connectivity index (χ2n) is 7.23. The molecule has 0 radical (unpaired) electrons. The number of hydrogen-bond donors (Lipinski definition) is 1.